The van der Waals surface area contributed by atoms with E-state index >= 15 is 0 Å². The summed E-state index contributed by atoms with van der Waals surface area (Å²) >= 11 is 0. The number of rotatable bonds is 8. The number of ether oxygens (including phenoxy) is 1. The monoisotopic (exact) mass is 442 g/mol. The van der Waals surface area contributed by atoms with Crippen molar-refractivity contribution in [3.8, 4) is 0 Å². The molecule has 4 rings (SSSR count). The predicted octanol–water partition coefficient (Wildman–Crippen LogP) is 4.79. The van der Waals surface area contributed by atoms with Gasteiger partial charge in [0.05, 0.1) is 24.3 Å². The standard InChI is InChI=1S/C26H24N3O4/c1-3-33-24(31)13-12-23(30)19-6-9-20(10-7-19)27-15-17-4-5-18-8-11-22-25(21(18)14-17)26(32)29-16(2)28-22/h4-11,14,27H,3,12-13,15H2,1-2H3. The number of ketones is 1. The Bertz CT molecular complexity index is 1260. The highest BCUT2D eigenvalue weighted by Gasteiger charge is 2.21. The Morgan fingerprint density at radius 1 is 1.00 bits per heavy atom. The van der Waals surface area contributed by atoms with Crippen LogP contribution < -0.4 is 10.6 Å². The lowest BCUT2D eigenvalue weighted by molar-refractivity contribution is -0.143. The fourth-order valence-corrected chi connectivity index (χ4v) is 3.76. The molecule has 1 radical (unpaired) electrons. The molecule has 0 aliphatic carbocycles. The zero-order valence-electron chi connectivity index (χ0n) is 18.6. The number of anilines is 1. The van der Waals surface area contributed by atoms with Crippen LogP contribution in [0.25, 0.3) is 10.8 Å². The molecular formula is C26H24N3O4. The summed E-state index contributed by atoms with van der Waals surface area (Å²) in [5.41, 5.74) is 3.60. The van der Waals surface area contributed by atoms with Gasteiger partial charge in [-0.2, -0.15) is 5.32 Å². The second kappa shape index (κ2) is 9.65. The molecule has 0 saturated carbocycles. The van der Waals surface area contributed by atoms with Crippen LogP contribution >= 0.6 is 0 Å². The van der Waals surface area contributed by atoms with Gasteiger partial charge in [0.25, 0.3) is 5.91 Å². The molecule has 0 atom stereocenters. The second-order valence-electron chi connectivity index (χ2n) is 7.75. The third-order valence-corrected chi connectivity index (χ3v) is 5.39. The lowest BCUT2D eigenvalue weighted by Gasteiger charge is -2.15. The first kappa shape index (κ1) is 22.2. The van der Waals surface area contributed by atoms with Crippen molar-refractivity contribution in [2.24, 2.45) is 4.99 Å². The summed E-state index contributed by atoms with van der Waals surface area (Å²) in [6.07, 6.45) is 0.209. The molecule has 0 spiro atoms. The summed E-state index contributed by atoms with van der Waals surface area (Å²) in [7, 11) is 0. The van der Waals surface area contributed by atoms with Crippen LogP contribution in [0.1, 0.15) is 53.0 Å². The third kappa shape index (κ3) is 5.09. The Morgan fingerprint density at radius 2 is 1.76 bits per heavy atom. The molecule has 0 saturated heterocycles. The molecule has 0 unspecified atom stereocenters. The molecule has 1 heterocycles. The molecule has 1 aliphatic heterocycles. The van der Waals surface area contributed by atoms with Gasteiger partial charge in [0.1, 0.15) is 5.84 Å². The van der Waals surface area contributed by atoms with Gasteiger partial charge < -0.3 is 10.1 Å². The quantitative estimate of drug-likeness (QED) is 0.400. The van der Waals surface area contributed by atoms with E-state index in [4.69, 9.17) is 4.74 Å². The van der Waals surface area contributed by atoms with Crippen LogP contribution in [-0.4, -0.2) is 30.1 Å². The number of nitrogens with one attached hydrogen (secondary N) is 1. The Kier molecular flexibility index (Phi) is 6.49. The number of amides is 1. The number of benzene rings is 3. The molecule has 1 amide bonds. The van der Waals surface area contributed by atoms with Crippen LogP contribution in [0.4, 0.5) is 11.4 Å². The number of hydrogen-bond donors (Lipinski definition) is 1. The van der Waals surface area contributed by atoms with E-state index in [9.17, 15) is 14.4 Å². The largest absolute Gasteiger partial charge is 0.466 e. The van der Waals surface area contributed by atoms with Crippen molar-refractivity contribution in [2.45, 2.75) is 33.2 Å². The van der Waals surface area contributed by atoms with Crippen LogP contribution in [0.2, 0.25) is 0 Å². The van der Waals surface area contributed by atoms with E-state index in [0.717, 1.165) is 22.0 Å². The molecule has 0 bridgehead atoms. The summed E-state index contributed by atoms with van der Waals surface area (Å²) in [5.74, 6) is -0.260. The van der Waals surface area contributed by atoms with Crippen molar-refractivity contribution in [3.63, 3.8) is 0 Å². The number of amidine groups is 1. The van der Waals surface area contributed by atoms with Gasteiger partial charge in [-0.1, -0.05) is 18.2 Å². The molecule has 7 nitrogen and oxygen atoms in total. The SMILES string of the molecule is CCOC(=O)CCC(=O)c1ccc(NCc2ccc3ccc4c(c3c2)C(=O)[N]C(C)=N4)cc1. The topological polar surface area (TPSA) is 98.9 Å². The first-order valence-electron chi connectivity index (χ1n) is 10.8. The van der Waals surface area contributed by atoms with Gasteiger partial charge in [0, 0.05) is 24.2 Å². The van der Waals surface area contributed by atoms with Crippen molar-refractivity contribution in [1.29, 1.82) is 0 Å². The average Bonchev–Trinajstić information content (AvgIpc) is 2.81. The predicted molar refractivity (Wildman–Crippen MR) is 127 cm³/mol. The smallest absolute Gasteiger partial charge is 0.306 e. The van der Waals surface area contributed by atoms with Crippen LogP contribution in [-0.2, 0) is 16.1 Å². The van der Waals surface area contributed by atoms with Crippen molar-refractivity contribution >= 4 is 45.6 Å². The fourth-order valence-electron chi connectivity index (χ4n) is 3.76. The summed E-state index contributed by atoms with van der Waals surface area (Å²) < 4.78 is 4.86. The maximum absolute atomic E-state index is 12.5. The van der Waals surface area contributed by atoms with Crippen LogP contribution in [0.3, 0.4) is 0 Å². The van der Waals surface area contributed by atoms with Gasteiger partial charge in [-0.3, -0.25) is 14.4 Å². The first-order valence-corrected chi connectivity index (χ1v) is 10.8. The van der Waals surface area contributed by atoms with Crippen molar-refractivity contribution in [2.75, 3.05) is 11.9 Å². The minimum Gasteiger partial charge on any atom is -0.466 e. The Balaban J connectivity index is 1.43. The van der Waals surface area contributed by atoms with Gasteiger partial charge >= 0.3 is 5.97 Å². The van der Waals surface area contributed by atoms with Crippen molar-refractivity contribution < 1.29 is 19.1 Å². The Labute approximate surface area is 191 Å². The Hall–Kier alpha value is -4.00. The van der Waals surface area contributed by atoms with Crippen molar-refractivity contribution in [3.05, 3.63) is 71.3 Å². The number of aliphatic imine (C=N–C) groups is 1. The molecule has 167 valence electrons. The minimum absolute atomic E-state index is 0.0823. The molecule has 1 aliphatic rings. The normalized spacial score (nSPS) is 12.5. The van der Waals surface area contributed by atoms with Gasteiger partial charge in [0.15, 0.2) is 5.78 Å². The van der Waals surface area contributed by atoms with E-state index in [2.05, 4.69) is 15.6 Å². The lowest BCUT2D eigenvalue weighted by Crippen LogP contribution is -2.24. The Morgan fingerprint density at radius 3 is 2.52 bits per heavy atom. The fraction of sp³-hybridized carbons (Fsp3) is 0.231. The minimum atomic E-state index is -0.363. The van der Waals surface area contributed by atoms with Gasteiger partial charge in [-0.15, -0.1) is 0 Å². The molecular weight excluding hydrogens is 418 g/mol. The van der Waals surface area contributed by atoms with Gasteiger partial charge in [-0.05, 0) is 66.6 Å². The molecule has 33 heavy (non-hydrogen) atoms. The number of nitrogens with zero attached hydrogens (tertiary/aromatic N) is 2. The molecule has 3 aromatic rings. The van der Waals surface area contributed by atoms with E-state index in [0.29, 0.717) is 35.8 Å². The second-order valence-corrected chi connectivity index (χ2v) is 7.75. The average molecular weight is 442 g/mol. The first-order chi connectivity index (χ1) is 15.9. The maximum atomic E-state index is 12.5. The van der Waals surface area contributed by atoms with E-state index in [1.54, 1.807) is 26.0 Å². The van der Waals surface area contributed by atoms with Crippen LogP contribution in [0.15, 0.2) is 59.6 Å². The van der Waals surface area contributed by atoms with Crippen molar-refractivity contribution in [1.82, 2.24) is 5.32 Å². The van der Waals surface area contributed by atoms with E-state index in [1.807, 2.05) is 42.5 Å². The maximum Gasteiger partial charge on any atom is 0.306 e. The van der Waals surface area contributed by atoms with E-state index < -0.39 is 0 Å². The number of hydrogen-bond acceptors (Lipinski definition) is 6. The third-order valence-electron chi connectivity index (χ3n) is 5.39. The van der Waals surface area contributed by atoms with Crippen LogP contribution in [0, 0.1) is 0 Å². The molecule has 3 aromatic carbocycles. The number of carbonyl (C=O) groups is 3. The zero-order chi connectivity index (χ0) is 23.4. The summed E-state index contributed by atoms with van der Waals surface area (Å²) in [5, 5.41) is 9.12. The molecule has 0 aromatic heterocycles. The summed E-state index contributed by atoms with van der Waals surface area (Å²) in [6.45, 7) is 4.31. The van der Waals surface area contributed by atoms with E-state index in [-0.39, 0.29) is 30.5 Å². The van der Waals surface area contributed by atoms with Gasteiger partial charge in [-0.25, -0.2) is 4.99 Å². The highest BCUT2D eigenvalue weighted by atomic mass is 16.5. The lowest BCUT2D eigenvalue weighted by atomic mass is 9.98. The summed E-state index contributed by atoms with van der Waals surface area (Å²) in [4.78, 5) is 40.6. The molecule has 1 N–H and O–H groups in total. The highest BCUT2D eigenvalue weighted by Crippen LogP contribution is 2.31. The highest BCUT2D eigenvalue weighted by molar-refractivity contribution is 6.18. The number of esters is 1. The molecule has 0 fully saturated rings. The zero-order valence-corrected chi connectivity index (χ0v) is 18.6. The van der Waals surface area contributed by atoms with E-state index in [1.165, 1.54) is 0 Å². The van der Waals surface area contributed by atoms with Crippen LogP contribution in [0.5, 0.6) is 0 Å². The molecule has 7 heteroatoms. The van der Waals surface area contributed by atoms with Gasteiger partial charge in [0.2, 0.25) is 0 Å². The number of fused-ring (bicyclic) bond motifs is 3. The number of Topliss-reactive ketones (excluding diaryl/α,β-unsaturated/α-hetero) is 1. The number of carbonyl (C=O) groups excluding carboxylic acids is 3. The summed E-state index contributed by atoms with van der Waals surface area (Å²) in [6, 6.07) is 16.9.